The first-order valence-electron chi connectivity index (χ1n) is 9.08. The lowest BCUT2D eigenvalue weighted by molar-refractivity contribution is -0.245. The van der Waals surface area contributed by atoms with Crippen molar-refractivity contribution in [1.29, 1.82) is 0 Å². The van der Waals surface area contributed by atoms with Gasteiger partial charge in [-0.15, -0.1) is 0 Å². The van der Waals surface area contributed by atoms with Crippen molar-refractivity contribution in [1.82, 2.24) is 0 Å². The molecule has 0 radical (unpaired) electrons. The summed E-state index contributed by atoms with van der Waals surface area (Å²) in [5.74, 6) is -1.50. The van der Waals surface area contributed by atoms with Crippen molar-refractivity contribution in [3.05, 3.63) is 0 Å². The van der Waals surface area contributed by atoms with Gasteiger partial charge in [0.05, 0.1) is 11.2 Å². The molecule has 0 aromatic rings. The molecule has 2 saturated carbocycles. The molecule has 2 fully saturated rings. The lowest BCUT2D eigenvalue weighted by Gasteiger charge is -2.60. The van der Waals surface area contributed by atoms with E-state index in [1.165, 1.54) is 13.8 Å². The van der Waals surface area contributed by atoms with Gasteiger partial charge in [0, 0.05) is 31.1 Å². The van der Waals surface area contributed by atoms with Crippen LogP contribution in [0.3, 0.4) is 0 Å². The fraction of sp³-hybridized carbons (Fsp3) is 0.895. The summed E-state index contributed by atoms with van der Waals surface area (Å²) in [7, 11) is 0. The molecule has 0 saturated heterocycles. The second-order valence-corrected chi connectivity index (χ2v) is 8.85. The van der Waals surface area contributed by atoms with Crippen molar-refractivity contribution in [2.24, 2.45) is 17.3 Å². The summed E-state index contributed by atoms with van der Waals surface area (Å²) in [5.41, 5.74) is -2.64. The van der Waals surface area contributed by atoms with Crippen LogP contribution in [0, 0.1) is 17.3 Å². The number of ether oxygens (including phenoxy) is 2. The monoisotopic (exact) mass is 356 g/mol. The number of hydrogen-bond donors (Lipinski definition) is 2. The zero-order chi connectivity index (χ0) is 19.2. The van der Waals surface area contributed by atoms with Gasteiger partial charge in [0.15, 0.2) is 0 Å². The third-order valence-corrected chi connectivity index (χ3v) is 6.27. The van der Waals surface area contributed by atoms with Gasteiger partial charge in [-0.05, 0) is 46.5 Å². The molecule has 2 rings (SSSR count). The number of carbonyl (C=O) groups excluding carboxylic acids is 2. The van der Waals surface area contributed by atoms with Crippen LogP contribution in [0.1, 0.15) is 67.2 Å². The van der Waals surface area contributed by atoms with E-state index in [2.05, 4.69) is 0 Å². The van der Waals surface area contributed by atoms with Gasteiger partial charge in [-0.2, -0.15) is 0 Å². The van der Waals surface area contributed by atoms with Crippen LogP contribution >= 0.6 is 0 Å². The first-order valence-corrected chi connectivity index (χ1v) is 9.08. The maximum absolute atomic E-state index is 11.8. The Hall–Kier alpha value is -1.14. The van der Waals surface area contributed by atoms with Crippen LogP contribution in [0.25, 0.3) is 0 Å². The number of aliphatic hydroxyl groups is 2. The van der Waals surface area contributed by atoms with Gasteiger partial charge in [-0.25, -0.2) is 0 Å². The van der Waals surface area contributed by atoms with Crippen molar-refractivity contribution in [3.63, 3.8) is 0 Å². The fourth-order valence-electron chi connectivity index (χ4n) is 5.22. The molecule has 2 aliphatic rings. The van der Waals surface area contributed by atoms with Crippen LogP contribution < -0.4 is 0 Å². The van der Waals surface area contributed by atoms with Gasteiger partial charge in [-0.3, -0.25) is 9.59 Å². The molecule has 0 aromatic heterocycles. The number of rotatable bonds is 3. The molecule has 6 atom stereocenters. The zero-order valence-corrected chi connectivity index (χ0v) is 16.2. The predicted molar refractivity (Wildman–Crippen MR) is 91.6 cm³/mol. The summed E-state index contributed by atoms with van der Waals surface area (Å²) in [4.78, 5) is 23.3. The molecule has 0 amide bonds. The van der Waals surface area contributed by atoms with Gasteiger partial charge in [0.2, 0.25) is 0 Å². The Morgan fingerprint density at radius 3 is 2.08 bits per heavy atom. The van der Waals surface area contributed by atoms with Gasteiger partial charge in [-0.1, -0.05) is 6.92 Å². The quantitative estimate of drug-likeness (QED) is 0.753. The first-order chi connectivity index (χ1) is 11.3. The molecule has 6 heteroatoms. The molecule has 2 aliphatic carbocycles. The van der Waals surface area contributed by atoms with Crippen molar-refractivity contribution in [3.8, 4) is 0 Å². The summed E-state index contributed by atoms with van der Waals surface area (Å²) in [5, 5.41) is 21.8. The van der Waals surface area contributed by atoms with E-state index in [4.69, 9.17) is 9.47 Å². The van der Waals surface area contributed by atoms with E-state index in [0.29, 0.717) is 25.7 Å². The maximum Gasteiger partial charge on any atom is 0.302 e. The molecule has 144 valence electrons. The number of esters is 2. The molecule has 0 heterocycles. The zero-order valence-electron chi connectivity index (χ0n) is 16.2. The van der Waals surface area contributed by atoms with Crippen molar-refractivity contribution < 1.29 is 29.3 Å². The van der Waals surface area contributed by atoms with Crippen molar-refractivity contribution >= 4 is 11.9 Å². The largest absolute Gasteiger partial charge is 0.462 e. The second-order valence-electron chi connectivity index (χ2n) is 8.85. The minimum absolute atomic E-state index is 0.294. The number of carbonyl (C=O) groups is 2. The standard InChI is InChI=1S/C19H32O6/c1-11(20)24-14-8-10-19(6,23)16-15(25-12(2)21)13(17(3,4)22)7-9-18(14,16)5/h13-16,22-23H,7-10H2,1-6H3/t13-,14-,15-,16-,18+,19+/m1/s1. The Bertz CT molecular complexity index is 535. The van der Waals surface area contributed by atoms with Gasteiger partial charge in [0.1, 0.15) is 12.2 Å². The first kappa shape index (κ1) is 20.2. The maximum atomic E-state index is 11.8. The SMILES string of the molecule is CC(=O)O[C@@H]1[C@H](C(C)(C)O)CC[C@]2(C)[C@@H]1[C@@](C)(O)CC[C@H]2OC(C)=O. The average molecular weight is 356 g/mol. The van der Waals surface area contributed by atoms with Crippen LogP contribution in [0.2, 0.25) is 0 Å². The Labute approximate surface area is 149 Å². The summed E-state index contributed by atoms with van der Waals surface area (Å²) >= 11 is 0. The molecule has 0 aliphatic heterocycles. The average Bonchev–Trinajstić information content (AvgIpc) is 2.39. The van der Waals surface area contributed by atoms with E-state index in [0.717, 1.165) is 0 Å². The second kappa shape index (κ2) is 6.54. The summed E-state index contributed by atoms with van der Waals surface area (Å²) in [6.07, 6.45) is 1.35. The van der Waals surface area contributed by atoms with E-state index in [1.807, 2.05) is 6.92 Å². The number of hydrogen-bond acceptors (Lipinski definition) is 6. The summed E-state index contributed by atoms with van der Waals surface area (Å²) < 4.78 is 11.2. The Kier molecular flexibility index (Phi) is 5.28. The Morgan fingerprint density at radius 1 is 1.04 bits per heavy atom. The molecule has 2 N–H and O–H groups in total. The minimum Gasteiger partial charge on any atom is -0.462 e. The Morgan fingerprint density at radius 2 is 1.60 bits per heavy atom. The molecular weight excluding hydrogens is 324 g/mol. The van der Waals surface area contributed by atoms with Crippen LogP contribution in [-0.2, 0) is 19.1 Å². The lowest BCUT2D eigenvalue weighted by Crippen LogP contribution is -2.66. The Balaban J connectivity index is 2.49. The lowest BCUT2D eigenvalue weighted by atomic mass is 9.50. The minimum atomic E-state index is -1.07. The number of fused-ring (bicyclic) bond motifs is 1. The topological polar surface area (TPSA) is 93.1 Å². The highest BCUT2D eigenvalue weighted by Gasteiger charge is 2.63. The van der Waals surface area contributed by atoms with E-state index >= 15 is 0 Å². The highest BCUT2D eigenvalue weighted by atomic mass is 16.6. The van der Waals surface area contributed by atoms with Gasteiger partial charge in [0.25, 0.3) is 0 Å². The van der Waals surface area contributed by atoms with Crippen LogP contribution in [-0.4, -0.2) is 45.6 Å². The van der Waals surface area contributed by atoms with Crippen LogP contribution in [0.5, 0.6) is 0 Å². The fourth-order valence-corrected chi connectivity index (χ4v) is 5.22. The van der Waals surface area contributed by atoms with Gasteiger partial charge < -0.3 is 19.7 Å². The highest BCUT2D eigenvalue weighted by molar-refractivity contribution is 5.66. The highest BCUT2D eigenvalue weighted by Crippen LogP contribution is 2.58. The van der Waals surface area contributed by atoms with E-state index in [9.17, 15) is 19.8 Å². The normalized spacial score (nSPS) is 41.6. The molecule has 0 spiro atoms. The van der Waals surface area contributed by atoms with Gasteiger partial charge >= 0.3 is 11.9 Å². The van der Waals surface area contributed by atoms with E-state index in [-0.39, 0.29) is 18.0 Å². The van der Waals surface area contributed by atoms with Crippen molar-refractivity contribution in [2.75, 3.05) is 0 Å². The van der Waals surface area contributed by atoms with E-state index < -0.39 is 34.6 Å². The van der Waals surface area contributed by atoms with E-state index in [1.54, 1.807) is 20.8 Å². The third kappa shape index (κ3) is 3.85. The molecule has 6 nitrogen and oxygen atoms in total. The van der Waals surface area contributed by atoms with Crippen LogP contribution in [0.15, 0.2) is 0 Å². The molecule has 0 bridgehead atoms. The molecule has 0 unspecified atom stereocenters. The summed E-state index contributed by atoms with van der Waals surface area (Å²) in [6.45, 7) is 9.89. The molecule has 0 aromatic carbocycles. The van der Waals surface area contributed by atoms with Crippen molar-refractivity contribution in [2.45, 2.75) is 90.6 Å². The third-order valence-electron chi connectivity index (χ3n) is 6.27. The summed E-state index contributed by atoms with van der Waals surface area (Å²) in [6, 6.07) is 0. The molecule has 25 heavy (non-hydrogen) atoms. The van der Waals surface area contributed by atoms with Crippen LogP contribution in [0.4, 0.5) is 0 Å². The smallest absolute Gasteiger partial charge is 0.302 e. The molecular formula is C19H32O6. The predicted octanol–water partition coefficient (Wildman–Crippen LogP) is 2.20.